The molecule has 0 bridgehead atoms. The quantitative estimate of drug-likeness (QED) is 0.546. The van der Waals surface area contributed by atoms with Crippen LogP contribution in [0, 0.1) is 6.92 Å². The maximum Gasteiger partial charge on any atom is 0.119 e. The Morgan fingerprint density at radius 1 is 0.905 bits per heavy atom. The van der Waals surface area contributed by atoms with Crippen molar-refractivity contribution in [1.82, 2.24) is 0 Å². The predicted octanol–water partition coefficient (Wildman–Crippen LogP) is 6.02. The fourth-order valence-corrected chi connectivity index (χ4v) is 1.60. The van der Waals surface area contributed by atoms with E-state index in [-0.39, 0.29) is 0 Å². The molecule has 124 valence electrons. The summed E-state index contributed by atoms with van der Waals surface area (Å²) < 4.78 is 11.2. The molecule has 0 N–H and O–H groups in total. The molecule has 0 aromatic heterocycles. The minimum absolute atomic E-state index is 0.346. The second-order valence-corrected chi connectivity index (χ2v) is 4.65. The van der Waals surface area contributed by atoms with E-state index in [1.165, 1.54) is 12.0 Å². The average Bonchev–Trinajstić information content (AvgIpc) is 2.50. The third kappa shape index (κ3) is 15.2. The summed E-state index contributed by atoms with van der Waals surface area (Å²) in [5.74, 6) is 0.975. The van der Waals surface area contributed by atoms with Gasteiger partial charge in [0.25, 0.3) is 0 Å². The van der Waals surface area contributed by atoms with Crippen LogP contribution in [-0.2, 0) is 4.74 Å². The lowest BCUT2D eigenvalue weighted by Crippen LogP contribution is -2.04. The van der Waals surface area contributed by atoms with Crippen LogP contribution in [0.25, 0.3) is 0 Å². The van der Waals surface area contributed by atoms with Crippen LogP contribution >= 0.6 is 0 Å². The molecule has 0 fully saturated rings. The third-order valence-electron chi connectivity index (χ3n) is 2.50. The van der Waals surface area contributed by atoms with Crippen molar-refractivity contribution in [3.63, 3.8) is 0 Å². The van der Waals surface area contributed by atoms with Crippen molar-refractivity contribution in [2.45, 2.75) is 73.8 Å². The number of ether oxygens (including phenoxy) is 2. The van der Waals surface area contributed by atoms with Gasteiger partial charge in [0.15, 0.2) is 0 Å². The van der Waals surface area contributed by atoms with E-state index in [0.717, 1.165) is 31.8 Å². The second-order valence-electron chi connectivity index (χ2n) is 4.65. The van der Waals surface area contributed by atoms with Crippen LogP contribution in [0.4, 0.5) is 0 Å². The maximum atomic E-state index is 5.67. The molecular weight excluding hydrogens is 260 g/mol. The Bertz CT molecular complexity index is 308. The summed E-state index contributed by atoms with van der Waals surface area (Å²) in [6.45, 7) is 15.9. The molecular formula is C19H36O2. The van der Waals surface area contributed by atoms with E-state index in [9.17, 15) is 0 Å². The van der Waals surface area contributed by atoms with E-state index in [1.807, 2.05) is 39.8 Å². The first kappa shape index (κ1) is 22.3. The number of benzene rings is 1. The van der Waals surface area contributed by atoms with E-state index < -0.39 is 0 Å². The average molecular weight is 296 g/mol. The molecule has 0 amide bonds. The number of rotatable bonds is 8. The van der Waals surface area contributed by atoms with Crippen LogP contribution < -0.4 is 4.74 Å². The van der Waals surface area contributed by atoms with Crippen molar-refractivity contribution >= 4 is 0 Å². The highest BCUT2D eigenvalue weighted by Crippen LogP contribution is 2.12. The topological polar surface area (TPSA) is 18.5 Å². The number of hydrogen-bond acceptors (Lipinski definition) is 2. The molecule has 0 radical (unpaired) electrons. The second kappa shape index (κ2) is 17.0. The van der Waals surface area contributed by atoms with Crippen LogP contribution in [0.2, 0.25) is 0 Å². The van der Waals surface area contributed by atoms with E-state index >= 15 is 0 Å². The monoisotopic (exact) mass is 296 g/mol. The van der Waals surface area contributed by atoms with Gasteiger partial charge in [-0.2, -0.15) is 0 Å². The van der Waals surface area contributed by atoms with Crippen molar-refractivity contribution in [1.29, 1.82) is 0 Å². The first-order valence-electron chi connectivity index (χ1n) is 8.49. The van der Waals surface area contributed by atoms with Gasteiger partial charge in [-0.15, -0.1) is 0 Å². The van der Waals surface area contributed by atoms with Crippen LogP contribution in [0.5, 0.6) is 5.75 Å². The smallest absolute Gasteiger partial charge is 0.119 e. The van der Waals surface area contributed by atoms with Gasteiger partial charge in [-0.1, -0.05) is 39.8 Å². The van der Waals surface area contributed by atoms with Gasteiger partial charge in [0.05, 0.1) is 12.7 Å². The Hall–Kier alpha value is -1.02. The molecule has 0 spiro atoms. The Balaban J connectivity index is 0. The maximum absolute atomic E-state index is 5.67. The minimum Gasteiger partial charge on any atom is -0.494 e. The first-order chi connectivity index (χ1) is 10.2. The Morgan fingerprint density at radius 3 is 2.10 bits per heavy atom. The van der Waals surface area contributed by atoms with Crippen molar-refractivity contribution in [2.75, 3.05) is 13.2 Å². The lowest BCUT2D eigenvalue weighted by atomic mass is 10.2. The van der Waals surface area contributed by atoms with Gasteiger partial charge in [0.1, 0.15) is 5.75 Å². The fourth-order valence-electron chi connectivity index (χ4n) is 1.60. The molecule has 0 aliphatic heterocycles. The zero-order valence-electron chi connectivity index (χ0n) is 15.2. The molecule has 21 heavy (non-hydrogen) atoms. The van der Waals surface area contributed by atoms with Crippen molar-refractivity contribution in [3.8, 4) is 5.75 Å². The van der Waals surface area contributed by atoms with Crippen molar-refractivity contribution < 1.29 is 9.47 Å². The Labute approximate surface area is 132 Å². The van der Waals surface area contributed by atoms with E-state index in [1.54, 1.807) is 0 Å². The zero-order chi connectivity index (χ0) is 16.5. The van der Waals surface area contributed by atoms with Gasteiger partial charge >= 0.3 is 0 Å². The minimum atomic E-state index is 0.346. The van der Waals surface area contributed by atoms with Crippen LogP contribution in [0.1, 0.15) is 66.4 Å². The summed E-state index contributed by atoms with van der Waals surface area (Å²) in [5, 5.41) is 0. The summed E-state index contributed by atoms with van der Waals surface area (Å²) in [4.78, 5) is 0. The van der Waals surface area contributed by atoms with E-state index in [0.29, 0.717) is 6.10 Å². The van der Waals surface area contributed by atoms with E-state index in [4.69, 9.17) is 9.47 Å². The summed E-state index contributed by atoms with van der Waals surface area (Å²) in [5.41, 5.74) is 1.24. The van der Waals surface area contributed by atoms with Crippen LogP contribution in [0.3, 0.4) is 0 Å². The number of unbranched alkanes of at least 4 members (excludes halogenated alkanes) is 2. The molecule has 0 atom stereocenters. The fraction of sp³-hybridized carbons (Fsp3) is 0.684. The molecule has 2 nitrogen and oxygen atoms in total. The normalized spacial score (nSPS) is 9.33. The molecule has 0 heterocycles. The van der Waals surface area contributed by atoms with Gasteiger partial charge in [-0.05, 0) is 57.7 Å². The molecule has 2 heteroatoms. The van der Waals surface area contributed by atoms with Crippen molar-refractivity contribution in [2.24, 2.45) is 0 Å². The molecule has 0 saturated heterocycles. The Morgan fingerprint density at radius 2 is 1.52 bits per heavy atom. The molecule has 1 aromatic rings. The summed E-state index contributed by atoms with van der Waals surface area (Å²) in [6.07, 6.45) is 3.72. The molecule has 0 aliphatic rings. The van der Waals surface area contributed by atoms with Gasteiger partial charge in [0.2, 0.25) is 0 Å². The van der Waals surface area contributed by atoms with Crippen LogP contribution in [-0.4, -0.2) is 19.3 Å². The molecule has 0 saturated carbocycles. The largest absolute Gasteiger partial charge is 0.494 e. The molecule has 0 aliphatic carbocycles. The zero-order valence-corrected chi connectivity index (χ0v) is 15.2. The lowest BCUT2D eigenvalue weighted by molar-refractivity contribution is 0.0752. The van der Waals surface area contributed by atoms with Gasteiger partial charge < -0.3 is 9.47 Å². The van der Waals surface area contributed by atoms with E-state index in [2.05, 4.69) is 32.9 Å². The van der Waals surface area contributed by atoms with Crippen LogP contribution in [0.15, 0.2) is 24.3 Å². The van der Waals surface area contributed by atoms with Gasteiger partial charge in [0, 0.05) is 6.61 Å². The highest BCUT2D eigenvalue weighted by atomic mass is 16.5. The first-order valence-corrected chi connectivity index (χ1v) is 8.49. The molecule has 1 aromatic carbocycles. The van der Waals surface area contributed by atoms with Crippen molar-refractivity contribution in [3.05, 3.63) is 29.8 Å². The highest BCUT2D eigenvalue weighted by molar-refractivity contribution is 5.27. The Kier molecular flexibility index (Phi) is 18.1. The molecule has 0 unspecified atom stereocenters. The van der Waals surface area contributed by atoms with Gasteiger partial charge in [-0.25, -0.2) is 0 Å². The summed E-state index contributed by atoms with van der Waals surface area (Å²) in [7, 11) is 0. The third-order valence-corrected chi connectivity index (χ3v) is 2.50. The summed E-state index contributed by atoms with van der Waals surface area (Å²) >= 11 is 0. The SMILES string of the molecule is CC.CC.Cc1cccc(OCCCCCOC(C)C)c1. The predicted molar refractivity (Wildman–Crippen MR) is 94.3 cm³/mol. The lowest BCUT2D eigenvalue weighted by Gasteiger charge is -2.08. The number of hydrogen-bond donors (Lipinski definition) is 0. The number of aryl methyl sites for hydroxylation is 1. The molecule has 1 rings (SSSR count). The summed E-state index contributed by atoms with van der Waals surface area (Å²) in [6, 6.07) is 8.19. The highest BCUT2D eigenvalue weighted by Gasteiger charge is 1.96. The van der Waals surface area contributed by atoms with Gasteiger partial charge in [-0.3, -0.25) is 0 Å². The standard InChI is InChI=1S/C15H24O2.2C2H6/c1-13(2)16-10-5-4-6-11-17-15-9-7-8-14(3)12-15;2*1-2/h7-9,12-13H,4-6,10-11H2,1-3H3;2*1-2H3.